The maximum atomic E-state index is 3.61. The lowest BCUT2D eigenvalue weighted by molar-refractivity contribution is 0.617. The number of thiophene rings is 2. The van der Waals surface area contributed by atoms with Crippen LogP contribution in [0.1, 0.15) is 38.1 Å². The van der Waals surface area contributed by atoms with E-state index in [0.717, 1.165) is 6.54 Å². The second-order valence-electron chi connectivity index (χ2n) is 4.47. The zero-order valence-corrected chi connectivity index (χ0v) is 12.3. The summed E-state index contributed by atoms with van der Waals surface area (Å²) in [6.07, 6.45) is 3.50. The predicted molar refractivity (Wildman–Crippen MR) is 80.2 cm³/mol. The minimum atomic E-state index is 0.379. The molecule has 0 radical (unpaired) electrons. The quantitative estimate of drug-likeness (QED) is 0.753. The van der Waals surface area contributed by atoms with E-state index >= 15 is 0 Å². The molecule has 0 aromatic carbocycles. The van der Waals surface area contributed by atoms with Gasteiger partial charge in [0.05, 0.1) is 6.04 Å². The van der Waals surface area contributed by atoms with Crippen molar-refractivity contribution < 1.29 is 0 Å². The molecule has 3 heteroatoms. The van der Waals surface area contributed by atoms with Crippen molar-refractivity contribution in [2.75, 3.05) is 6.54 Å². The fourth-order valence-corrected chi connectivity index (χ4v) is 3.98. The molecule has 2 heterocycles. The van der Waals surface area contributed by atoms with Crippen LogP contribution in [0.4, 0.5) is 0 Å². The van der Waals surface area contributed by atoms with Gasteiger partial charge in [-0.05, 0) is 44.3 Å². The van der Waals surface area contributed by atoms with Crippen LogP contribution in [0.2, 0.25) is 0 Å². The van der Waals surface area contributed by atoms with Crippen molar-refractivity contribution in [3.63, 3.8) is 0 Å². The lowest BCUT2D eigenvalue weighted by atomic mass is 10.1. The van der Waals surface area contributed by atoms with Crippen molar-refractivity contribution in [1.29, 1.82) is 0 Å². The van der Waals surface area contributed by atoms with Gasteiger partial charge in [0.1, 0.15) is 0 Å². The molecule has 2 rings (SSSR count). The lowest BCUT2D eigenvalue weighted by Gasteiger charge is -2.13. The van der Waals surface area contributed by atoms with E-state index in [1.54, 1.807) is 0 Å². The average molecular weight is 265 g/mol. The molecule has 0 spiro atoms. The smallest absolute Gasteiger partial charge is 0.0603 e. The molecule has 0 fully saturated rings. The van der Waals surface area contributed by atoms with Crippen LogP contribution in [0.15, 0.2) is 29.2 Å². The van der Waals surface area contributed by atoms with Crippen LogP contribution in [0.25, 0.3) is 9.40 Å². The molecule has 0 bridgehead atoms. The Morgan fingerprint density at radius 1 is 1.41 bits per heavy atom. The molecule has 1 atom stereocenters. The second-order valence-corrected chi connectivity index (χ2v) is 6.54. The van der Waals surface area contributed by atoms with E-state index < -0.39 is 0 Å². The monoisotopic (exact) mass is 265 g/mol. The van der Waals surface area contributed by atoms with Gasteiger partial charge in [0.15, 0.2) is 0 Å². The van der Waals surface area contributed by atoms with Gasteiger partial charge >= 0.3 is 0 Å². The van der Waals surface area contributed by atoms with Crippen LogP contribution in [-0.2, 0) is 0 Å². The fourth-order valence-electron chi connectivity index (χ4n) is 1.81. The Labute approximate surface area is 111 Å². The zero-order valence-electron chi connectivity index (χ0n) is 10.6. The van der Waals surface area contributed by atoms with Crippen molar-refractivity contribution in [1.82, 2.24) is 5.32 Å². The minimum Gasteiger partial charge on any atom is -0.306 e. The maximum absolute atomic E-state index is 3.61. The summed E-state index contributed by atoms with van der Waals surface area (Å²) in [7, 11) is 0. The Hall–Kier alpha value is -0.640. The van der Waals surface area contributed by atoms with Crippen molar-refractivity contribution >= 4 is 32.1 Å². The normalized spacial score (nSPS) is 12.9. The van der Waals surface area contributed by atoms with Gasteiger partial charge in [-0.15, -0.1) is 22.7 Å². The third kappa shape index (κ3) is 3.18. The van der Waals surface area contributed by atoms with Crippen molar-refractivity contribution in [3.8, 4) is 0 Å². The molecule has 0 saturated heterocycles. The molecular formula is C14H19NS2. The molecule has 0 aliphatic rings. The minimum absolute atomic E-state index is 0.379. The number of rotatable bonds is 5. The Bertz CT molecular complexity index is 475. The van der Waals surface area contributed by atoms with E-state index in [-0.39, 0.29) is 0 Å². The Morgan fingerprint density at radius 2 is 2.24 bits per heavy atom. The third-order valence-electron chi connectivity index (χ3n) is 2.58. The van der Waals surface area contributed by atoms with E-state index in [1.807, 2.05) is 22.7 Å². The average Bonchev–Trinajstić information content (AvgIpc) is 2.83. The van der Waals surface area contributed by atoms with Gasteiger partial charge in [-0.25, -0.2) is 0 Å². The summed E-state index contributed by atoms with van der Waals surface area (Å²) >= 11 is 3.74. The summed E-state index contributed by atoms with van der Waals surface area (Å²) in [5, 5.41) is 5.77. The summed E-state index contributed by atoms with van der Waals surface area (Å²) in [6.45, 7) is 7.60. The van der Waals surface area contributed by atoms with Gasteiger partial charge in [-0.1, -0.05) is 18.6 Å². The Balaban J connectivity index is 2.25. The maximum Gasteiger partial charge on any atom is 0.0603 e. The van der Waals surface area contributed by atoms with Crippen molar-refractivity contribution in [2.45, 2.75) is 33.2 Å². The van der Waals surface area contributed by atoms with E-state index in [1.165, 1.54) is 26.3 Å². The Kier molecular flexibility index (Phi) is 4.37. The van der Waals surface area contributed by atoms with E-state index in [4.69, 9.17) is 0 Å². The molecule has 1 nitrogen and oxygen atoms in total. The summed E-state index contributed by atoms with van der Waals surface area (Å²) in [6, 6.07) is 4.93. The van der Waals surface area contributed by atoms with Crippen molar-refractivity contribution in [3.05, 3.63) is 34.0 Å². The molecule has 1 N–H and O–H groups in total. The van der Waals surface area contributed by atoms with E-state index in [2.05, 4.69) is 49.7 Å². The van der Waals surface area contributed by atoms with Gasteiger partial charge in [0.25, 0.3) is 0 Å². The summed E-state index contributed by atoms with van der Waals surface area (Å²) in [5.41, 5.74) is 1.37. The second kappa shape index (κ2) is 5.80. The van der Waals surface area contributed by atoms with Gasteiger partial charge in [-0.2, -0.15) is 0 Å². The van der Waals surface area contributed by atoms with Crippen LogP contribution in [0.5, 0.6) is 0 Å². The molecule has 0 aliphatic carbocycles. The molecule has 1 unspecified atom stereocenters. The summed E-state index contributed by atoms with van der Waals surface area (Å²) < 4.78 is 2.82. The highest BCUT2D eigenvalue weighted by molar-refractivity contribution is 7.26. The number of nitrogens with one attached hydrogen (secondary N) is 1. The van der Waals surface area contributed by atoms with Gasteiger partial charge < -0.3 is 5.32 Å². The molecule has 17 heavy (non-hydrogen) atoms. The lowest BCUT2D eigenvalue weighted by Crippen LogP contribution is -2.19. The first-order valence-corrected chi connectivity index (χ1v) is 7.75. The highest BCUT2D eigenvalue weighted by Crippen LogP contribution is 2.34. The molecule has 0 saturated carbocycles. The first kappa shape index (κ1) is 12.8. The highest BCUT2D eigenvalue weighted by atomic mass is 32.1. The van der Waals surface area contributed by atoms with Crippen LogP contribution >= 0.6 is 22.7 Å². The largest absolute Gasteiger partial charge is 0.306 e. The van der Waals surface area contributed by atoms with Gasteiger partial charge in [-0.3, -0.25) is 0 Å². The van der Waals surface area contributed by atoms with Crippen LogP contribution in [-0.4, -0.2) is 6.54 Å². The number of hydrogen-bond donors (Lipinski definition) is 1. The van der Waals surface area contributed by atoms with E-state index in [0.29, 0.717) is 6.04 Å². The van der Waals surface area contributed by atoms with Crippen LogP contribution < -0.4 is 5.32 Å². The first-order chi connectivity index (χ1) is 8.20. The SMILES string of the molecule is CCCNC(C=C(C)C)c1cc2sccc2s1. The Morgan fingerprint density at radius 3 is 2.88 bits per heavy atom. The standard InChI is InChI=1S/C14H19NS2/c1-4-6-15-11(8-10(2)3)13-9-14-12(17-13)5-7-16-14/h5,7-9,11,15H,4,6H2,1-3H3. The third-order valence-corrected chi connectivity index (χ3v) is 4.76. The topological polar surface area (TPSA) is 12.0 Å². The zero-order chi connectivity index (χ0) is 12.3. The first-order valence-electron chi connectivity index (χ1n) is 6.06. The van der Waals surface area contributed by atoms with Gasteiger partial charge in [0, 0.05) is 14.3 Å². The molecule has 2 aromatic heterocycles. The molecule has 92 valence electrons. The van der Waals surface area contributed by atoms with Gasteiger partial charge in [0.2, 0.25) is 0 Å². The molecule has 0 aliphatic heterocycles. The number of fused-ring (bicyclic) bond motifs is 1. The summed E-state index contributed by atoms with van der Waals surface area (Å²) in [4.78, 5) is 1.43. The molecule has 2 aromatic rings. The number of allylic oxidation sites excluding steroid dienone is 1. The summed E-state index contributed by atoms with van der Waals surface area (Å²) in [5.74, 6) is 0. The number of hydrogen-bond acceptors (Lipinski definition) is 3. The fraction of sp³-hybridized carbons (Fsp3) is 0.429. The predicted octanol–water partition coefficient (Wildman–Crippen LogP) is 4.97. The highest BCUT2D eigenvalue weighted by Gasteiger charge is 2.11. The van der Waals surface area contributed by atoms with Crippen LogP contribution in [0.3, 0.4) is 0 Å². The molecule has 0 amide bonds. The van der Waals surface area contributed by atoms with Crippen LogP contribution in [0, 0.1) is 0 Å². The van der Waals surface area contributed by atoms with E-state index in [9.17, 15) is 0 Å². The molecular weight excluding hydrogens is 246 g/mol. The van der Waals surface area contributed by atoms with Crippen molar-refractivity contribution in [2.24, 2.45) is 0 Å².